The van der Waals surface area contributed by atoms with Crippen LogP contribution in [0.3, 0.4) is 0 Å². The second kappa shape index (κ2) is 8.51. The fourth-order valence-corrected chi connectivity index (χ4v) is 3.01. The maximum absolute atomic E-state index is 12.3. The zero-order chi connectivity index (χ0) is 17.7. The Morgan fingerprint density at radius 1 is 1.42 bits per heavy atom. The summed E-state index contributed by atoms with van der Waals surface area (Å²) in [6, 6.07) is 4.84. The molecule has 0 radical (unpaired) electrons. The van der Waals surface area contributed by atoms with Gasteiger partial charge in [-0.05, 0) is 36.6 Å². The summed E-state index contributed by atoms with van der Waals surface area (Å²) in [5, 5.41) is 13.7. The van der Waals surface area contributed by atoms with E-state index >= 15 is 0 Å². The molecule has 0 bridgehead atoms. The van der Waals surface area contributed by atoms with Crippen molar-refractivity contribution in [2.24, 2.45) is 5.92 Å². The molecule has 1 aromatic rings. The number of carbonyl (C=O) groups excluding carboxylic acids is 2. The van der Waals surface area contributed by atoms with E-state index in [0.29, 0.717) is 28.7 Å². The van der Waals surface area contributed by atoms with Crippen molar-refractivity contribution in [3.63, 3.8) is 0 Å². The Balaban J connectivity index is 1.88. The highest BCUT2D eigenvalue weighted by Crippen LogP contribution is 2.25. The summed E-state index contributed by atoms with van der Waals surface area (Å²) in [4.78, 5) is 25.6. The summed E-state index contributed by atoms with van der Waals surface area (Å²) < 4.78 is 0. The zero-order valence-corrected chi connectivity index (χ0v) is 14.7. The van der Waals surface area contributed by atoms with Gasteiger partial charge in [0.1, 0.15) is 0 Å². The van der Waals surface area contributed by atoms with Crippen molar-refractivity contribution in [3.05, 3.63) is 46.5 Å². The third-order valence-electron chi connectivity index (χ3n) is 4.08. The van der Waals surface area contributed by atoms with E-state index in [2.05, 4.69) is 11.9 Å². The number of piperidine rings is 1. The molecule has 130 valence electrons. The Morgan fingerprint density at radius 2 is 2.17 bits per heavy atom. The number of nitrogens with zero attached hydrogens (tertiary/aromatic N) is 1. The number of aliphatic hydroxyl groups is 1. The number of amides is 2. The quantitative estimate of drug-likeness (QED) is 0.782. The van der Waals surface area contributed by atoms with E-state index < -0.39 is 6.10 Å². The predicted molar refractivity (Wildman–Crippen MR) is 93.9 cm³/mol. The predicted octanol–water partition coefficient (Wildman–Crippen LogP) is 2.57. The normalized spacial score (nSPS) is 18.8. The summed E-state index contributed by atoms with van der Waals surface area (Å²) in [7, 11) is 0. The highest BCUT2D eigenvalue weighted by molar-refractivity contribution is 6.42. The SMILES string of the molecule is C=CC(=O)N1CCCC(C(=O)NCC(O)c2ccc(Cl)c(Cl)c2)C1. The van der Waals surface area contributed by atoms with Gasteiger partial charge in [-0.3, -0.25) is 9.59 Å². The number of hydrogen-bond acceptors (Lipinski definition) is 3. The lowest BCUT2D eigenvalue weighted by Gasteiger charge is -2.31. The summed E-state index contributed by atoms with van der Waals surface area (Å²) in [6.07, 6.45) is 1.87. The third-order valence-corrected chi connectivity index (χ3v) is 4.82. The van der Waals surface area contributed by atoms with Crippen molar-refractivity contribution < 1.29 is 14.7 Å². The first kappa shape index (κ1) is 18.8. The first-order valence-corrected chi connectivity index (χ1v) is 8.50. The fraction of sp³-hybridized carbons (Fsp3) is 0.412. The van der Waals surface area contributed by atoms with Crippen molar-refractivity contribution in [2.45, 2.75) is 18.9 Å². The highest BCUT2D eigenvalue weighted by atomic mass is 35.5. The number of carbonyl (C=O) groups is 2. The number of nitrogens with one attached hydrogen (secondary N) is 1. The molecule has 24 heavy (non-hydrogen) atoms. The van der Waals surface area contributed by atoms with Crippen LogP contribution in [0.5, 0.6) is 0 Å². The second-order valence-corrected chi connectivity index (χ2v) is 6.58. The molecule has 0 aromatic heterocycles. The van der Waals surface area contributed by atoms with Gasteiger partial charge in [-0.2, -0.15) is 0 Å². The average molecular weight is 371 g/mol. The van der Waals surface area contributed by atoms with Crippen LogP contribution in [0, 0.1) is 5.92 Å². The molecule has 2 rings (SSSR count). The lowest BCUT2D eigenvalue weighted by Crippen LogP contribution is -2.45. The molecule has 1 saturated heterocycles. The third kappa shape index (κ3) is 4.72. The van der Waals surface area contributed by atoms with Gasteiger partial charge in [0, 0.05) is 19.6 Å². The van der Waals surface area contributed by atoms with Gasteiger partial charge in [-0.15, -0.1) is 0 Å². The minimum Gasteiger partial charge on any atom is -0.387 e. The van der Waals surface area contributed by atoms with Crippen LogP contribution < -0.4 is 5.32 Å². The van der Waals surface area contributed by atoms with Crippen LogP contribution in [0.15, 0.2) is 30.9 Å². The molecule has 2 atom stereocenters. The topological polar surface area (TPSA) is 69.6 Å². The Kier molecular flexibility index (Phi) is 6.66. The van der Waals surface area contributed by atoms with Crippen LogP contribution in [0.2, 0.25) is 10.0 Å². The molecule has 7 heteroatoms. The summed E-state index contributed by atoms with van der Waals surface area (Å²) in [5.74, 6) is -0.609. The molecule has 1 aliphatic heterocycles. The van der Waals surface area contributed by atoms with Gasteiger partial charge >= 0.3 is 0 Å². The first-order chi connectivity index (χ1) is 11.4. The van der Waals surface area contributed by atoms with Crippen molar-refractivity contribution in [1.82, 2.24) is 10.2 Å². The Hall–Kier alpha value is -1.56. The van der Waals surface area contributed by atoms with Gasteiger partial charge in [0.25, 0.3) is 0 Å². The number of rotatable bonds is 5. The Labute approximate surface area is 151 Å². The van der Waals surface area contributed by atoms with Crippen LogP contribution in [0.25, 0.3) is 0 Å². The van der Waals surface area contributed by atoms with Crippen LogP contribution in [-0.2, 0) is 9.59 Å². The number of hydrogen-bond donors (Lipinski definition) is 2. The smallest absolute Gasteiger partial charge is 0.245 e. The lowest BCUT2D eigenvalue weighted by molar-refractivity contribution is -0.132. The molecule has 2 N–H and O–H groups in total. The Bertz CT molecular complexity index is 636. The number of likely N-dealkylation sites (tertiary alicyclic amines) is 1. The van der Waals surface area contributed by atoms with E-state index in [1.165, 1.54) is 6.08 Å². The molecule has 0 spiro atoms. The van der Waals surface area contributed by atoms with Crippen molar-refractivity contribution >= 4 is 35.0 Å². The number of benzene rings is 1. The molecular formula is C17H20Cl2N2O3. The number of aliphatic hydroxyl groups excluding tert-OH is 1. The molecule has 5 nitrogen and oxygen atoms in total. The van der Waals surface area contributed by atoms with E-state index in [1.54, 1.807) is 23.1 Å². The molecule has 0 saturated carbocycles. The van der Waals surface area contributed by atoms with Crippen LogP contribution in [0.4, 0.5) is 0 Å². The van der Waals surface area contributed by atoms with Crippen LogP contribution in [-0.4, -0.2) is 41.5 Å². The molecule has 1 fully saturated rings. The van der Waals surface area contributed by atoms with Gasteiger partial charge in [-0.1, -0.05) is 35.8 Å². The summed E-state index contributed by atoms with van der Waals surface area (Å²) in [5.41, 5.74) is 0.580. The van der Waals surface area contributed by atoms with E-state index in [1.807, 2.05) is 0 Å². The average Bonchev–Trinajstić information content (AvgIpc) is 2.61. The van der Waals surface area contributed by atoms with E-state index in [4.69, 9.17) is 23.2 Å². The second-order valence-electron chi connectivity index (χ2n) is 5.76. The first-order valence-electron chi connectivity index (χ1n) is 7.74. The Morgan fingerprint density at radius 3 is 2.83 bits per heavy atom. The van der Waals surface area contributed by atoms with Crippen molar-refractivity contribution in [3.8, 4) is 0 Å². The number of halogens is 2. The van der Waals surface area contributed by atoms with E-state index in [9.17, 15) is 14.7 Å². The van der Waals surface area contributed by atoms with Gasteiger partial charge in [0.2, 0.25) is 11.8 Å². The van der Waals surface area contributed by atoms with E-state index in [-0.39, 0.29) is 24.3 Å². The lowest BCUT2D eigenvalue weighted by atomic mass is 9.97. The monoisotopic (exact) mass is 370 g/mol. The highest BCUT2D eigenvalue weighted by Gasteiger charge is 2.27. The van der Waals surface area contributed by atoms with Crippen molar-refractivity contribution in [2.75, 3.05) is 19.6 Å². The van der Waals surface area contributed by atoms with Gasteiger partial charge in [0.15, 0.2) is 0 Å². The maximum Gasteiger partial charge on any atom is 0.245 e. The fourth-order valence-electron chi connectivity index (χ4n) is 2.70. The minimum absolute atomic E-state index is 0.0721. The van der Waals surface area contributed by atoms with Gasteiger partial charge in [0.05, 0.1) is 22.1 Å². The molecule has 1 heterocycles. The van der Waals surface area contributed by atoms with Crippen molar-refractivity contribution in [1.29, 1.82) is 0 Å². The largest absolute Gasteiger partial charge is 0.387 e. The minimum atomic E-state index is -0.877. The summed E-state index contributed by atoms with van der Waals surface area (Å²) >= 11 is 11.8. The molecule has 1 aliphatic rings. The molecule has 1 aromatic carbocycles. The molecule has 0 aliphatic carbocycles. The standard InChI is InChI=1S/C17H20Cl2N2O3/c1-2-16(23)21-7-3-4-12(10-21)17(24)20-9-15(22)11-5-6-13(18)14(19)8-11/h2,5-6,8,12,15,22H,1,3-4,7,9-10H2,(H,20,24). The van der Waals surface area contributed by atoms with Crippen LogP contribution in [0.1, 0.15) is 24.5 Å². The van der Waals surface area contributed by atoms with Crippen LogP contribution >= 0.6 is 23.2 Å². The maximum atomic E-state index is 12.3. The summed E-state index contributed by atoms with van der Waals surface area (Å²) in [6.45, 7) is 4.55. The van der Waals surface area contributed by atoms with E-state index in [0.717, 1.165) is 12.8 Å². The van der Waals surface area contributed by atoms with Gasteiger partial charge < -0.3 is 15.3 Å². The van der Waals surface area contributed by atoms with Gasteiger partial charge in [-0.25, -0.2) is 0 Å². The molecular weight excluding hydrogens is 351 g/mol. The molecule has 2 amide bonds. The molecule has 2 unspecified atom stereocenters. The zero-order valence-electron chi connectivity index (χ0n) is 13.2.